The van der Waals surface area contributed by atoms with Crippen LogP contribution in [0.3, 0.4) is 0 Å². The van der Waals surface area contributed by atoms with Crippen molar-refractivity contribution >= 4 is 21.6 Å². The maximum atomic E-state index is 4.35. The van der Waals surface area contributed by atoms with Gasteiger partial charge in [-0.25, -0.2) is 0 Å². The van der Waals surface area contributed by atoms with E-state index in [0.29, 0.717) is 0 Å². The van der Waals surface area contributed by atoms with Crippen molar-refractivity contribution in [2.24, 2.45) is 0 Å². The molecule has 0 radical (unpaired) electrons. The lowest BCUT2D eigenvalue weighted by molar-refractivity contribution is 0.813. The molecule has 4 heteroatoms. The SMILES string of the molecule is CNCc1ccc(N(C)Cc2ccccn2)cc1Br. The Morgan fingerprint density at radius 3 is 2.74 bits per heavy atom. The monoisotopic (exact) mass is 319 g/mol. The van der Waals surface area contributed by atoms with Gasteiger partial charge in [0.25, 0.3) is 0 Å². The molecule has 0 saturated heterocycles. The second-order valence-electron chi connectivity index (χ2n) is 4.48. The van der Waals surface area contributed by atoms with Crippen LogP contribution in [-0.2, 0) is 13.1 Å². The average Bonchev–Trinajstić information content (AvgIpc) is 2.42. The number of halogens is 1. The van der Waals surface area contributed by atoms with E-state index in [1.165, 1.54) is 11.3 Å². The van der Waals surface area contributed by atoms with E-state index in [9.17, 15) is 0 Å². The summed E-state index contributed by atoms with van der Waals surface area (Å²) in [5, 5.41) is 3.16. The molecule has 0 aliphatic heterocycles. The lowest BCUT2D eigenvalue weighted by Crippen LogP contribution is -2.17. The number of benzene rings is 1. The lowest BCUT2D eigenvalue weighted by atomic mass is 10.2. The van der Waals surface area contributed by atoms with E-state index >= 15 is 0 Å². The van der Waals surface area contributed by atoms with Gasteiger partial charge in [-0.3, -0.25) is 4.98 Å². The first kappa shape index (κ1) is 14.0. The van der Waals surface area contributed by atoms with E-state index in [2.05, 4.69) is 56.4 Å². The second kappa shape index (κ2) is 6.68. The molecule has 0 bridgehead atoms. The van der Waals surface area contributed by atoms with Crippen LogP contribution in [0.15, 0.2) is 47.1 Å². The topological polar surface area (TPSA) is 28.2 Å². The van der Waals surface area contributed by atoms with Gasteiger partial charge in [0.1, 0.15) is 0 Å². The molecule has 0 atom stereocenters. The Labute approximate surface area is 122 Å². The Morgan fingerprint density at radius 2 is 2.11 bits per heavy atom. The summed E-state index contributed by atoms with van der Waals surface area (Å²) < 4.78 is 1.13. The van der Waals surface area contributed by atoms with Gasteiger partial charge in [-0.15, -0.1) is 0 Å². The van der Waals surface area contributed by atoms with Crippen LogP contribution < -0.4 is 10.2 Å². The van der Waals surface area contributed by atoms with Gasteiger partial charge in [0.05, 0.1) is 12.2 Å². The lowest BCUT2D eigenvalue weighted by Gasteiger charge is -2.20. The van der Waals surface area contributed by atoms with Crippen molar-refractivity contribution in [3.8, 4) is 0 Å². The minimum atomic E-state index is 0.804. The number of pyridine rings is 1. The Bertz CT molecular complexity index is 528. The van der Waals surface area contributed by atoms with E-state index < -0.39 is 0 Å². The number of rotatable bonds is 5. The van der Waals surface area contributed by atoms with Crippen molar-refractivity contribution in [3.63, 3.8) is 0 Å². The molecular weight excluding hydrogens is 302 g/mol. The van der Waals surface area contributed by atoms with Crippen LogP contribution in [0.2, 0.25) is 0 Å². The highest BCUT2D eigenvalue weighted by Crippen LogP contribution is 2.24. The molecule has 1 heterocycles. The fraction of sp³-hybridized carbons (Fsp3) is 0.267. The van der Waals surface area contributed by atoms with Gasteiger partial charge in [0, 0.05) is 29.9 Å². The molecule has 1 N–H and O–H groups in total. The molecule has 0 spiro atoms. The van der Waals surface area contributed by atoms with Gasteiger partial charge in [-0.1, -0.05) is 28.1 Å². The fourth-order valence-corrected chi connectivity index (χ4v) is 2.44. The van der Waals surface area contributed by atoms with Crippen molar-refractivity contribution in [2.75, 3.05) is 19.0 Å². The van der Waals surface area contributed by atoms with E-state index in [-0.39, 0.29) is 0 Å². The van der Waals surface area contributed by atoms with E-state index in [1.54, 1.807) is 0 Å². The Balaban J connectivity index is 2.11. The highest BCUT2D eigenvalue weighted by Gasteiger charge is 2.06. The zero-order valence-electron chi connectivity index (χ0n) is 11.2. The minimum absolute atomic E-state index is 0.804. The van der Waals surface area contributed by atoms with Crippen LogP contribution in [-0.4, -0.2) is 19.1 Å². The molecule has 0 saturated carbocycles. The standard InChI is InChI=1S/C15H18BrN3/c1-17-10-12-6-7-14(9-15(12)16)19(2)11-13-5-3-4-8-18-13/h3-9,17H,10-11H2,1-2H3. The van der Waals surface area contributed by atoms with Crippen LogP contribution in [0.4, 0.5) is 5.69 Å². The van der Waals surface area contributed by atoms with Crippen LogP contribution in [0.25, 0.3) is 0 Å². The van der Waals surface area contributed by atoms with Gasteiger partial charge in [-0.05, 0) is 36.9 Å². The maximum absolute atomic E-state index is 4.35. The highest BCUT2D eigenvalue weighted by atomic mass is 79.9. The first-order chi connectivity index (χ1) is 9.20. The number of aromatic nitrogens is 1. The summed E-state index contributed by atoms with van der Waals surface area (Å²) in [5.74, 6) is 0. The fourth-order valence-electron chi connectivity index (χ4n) is 1.93. The first-order valence-electron chi connectivity index (χ1n) is 6.25. The molecule has 1 aromatic heterocycles. The largest absolute Gasteiger partial charge is 0.369 e. The molecule has 19 heavy (non-hydrogen) atoms. The average molecular weight is 320 g/mol. The second-order valence-corrected chi connectivity index (χ2v) is 5.34. The summed E-state index contributed by atoms with van der Waals surface area (Å²) in [6.45, 7) is 1.67. The smallest absolute Gasteiger partial charge is 0.0598 e. The molecule has 100 valence electrons. The Hall–Kier alpha value is -1.39. The quantitative estimate of drug-likeness (QED) is 0.917. The molecule has 1 aromatic carbocycles. The number of anilines is 1. The third-order valence-electron chi connectivity index (χ3n) is 2.97. The molecule has 2 rings (SSSR count). The number of hydrogen-bond donors (Lipinski definition) is 1. The third-order valence-corrected chi connectivity index (χ3v) is 3.71. The maximum Gasteiger partial charge on any atom is 0.0598 e. The zero-order valence-corrected chi connectivity index (χ0v) is 12.8. The van der Waals surface area contributed by atoms with E-state index in [4.69, 9.17) is 0 Å². The molecule has 0 aliphatic rings. The summed E-state index contributed by atoms with van der Waals surface area (Å²) >= 11 is 3.62. The highest BCUT2D eigenvalue weighted by molar-refractivity contribution is 9.10. The van der Waals surface area contributed by atoms with Crippen LogP contribution >= 0.6 is 15.9 Å². The van der Waals surface area contributed by atoms with Crippen LogP contribution in [0, 0.1) is 0 Å². The minimum Gasteiger partial charge on any atom is -0.369 e. The van der Waals surface area contributed by atoms with Crippen molar-refractivity contribution in [3.05, 3.63) is 58.3 Å². The Kier molecular flexibility index (Phi) is 4.93. The molecule has 0 aliphatic carbocycles. The summed E-state index contributed by atoms with van der Waals surface area (Å²) in [4.78, 5) is 6.54. The van der Waals surface area contributed by atoms with Crippen LogP contribution in [0.1, 0.15) is 11.3 Å². The van der Waals surface area contributed by atoms with Crippen molar-refractivity contribution < 1.29 is 0 Å². The molecule has 0 fully saturated rings. The van der Waals surface area contributed by atoms with Gasteiger partial charge < -0.3 is 10.2 Å². The van der Waals surface area contributed by atoms with Gasteiger partial charge in [0.15, 0.2) is 0 Å². The van der Waals surface area contributed by atoms with Gasteiger partial charge in [-0.2, -0.15) is 0 Å². The first-order valence-corrected chi connectivity index (χ1v) is 7.04. The summed E-state index contributed by atoms with van der Waals surface area (Å²) in [6.07, 6.45) is 1.83. The molecule has 0 amide bonds. The van der Waals surface area contributed by atoms with Gasteiger partial charge >= 0.3 is 0 Å². The molecular formula is C15H18BrN3. The zero-order chi connectivity index (χ0) is 13.7. The Morgan fingerprint density at radius 1 is 1.26 bits per heavy atom. The van der Waals surface area contributed by atoms with Crippen LogP contribution in [0.5, 0.6) is 0 Å². The number of nitrogens with one attached hydrogen (secondary N) is 1. The van der Waals surface area contributed by atoms with Crippen molar-refractivity contribution in [2.45, 2.75) is 13.1 Å². The molecule has 0 unspecified atom stereocenters. The van der Waals surface area contributed by atoms with E-state index in [1.807, 2.05) is 31.4 Å². The predicted molar refractivity (Wildman–Crippen MR) is 83.2 cm³/mol. The summed E-state index contributed by atoms with van der Waals surface area (Å²) in [7, 11) is 4.03. The number of hydrogen-bond acceptors (Lipinski definition) is 3. The molecule has 2 aromatic rings. The third kappa shape index (κ3) is 3.78. The predicted octanol–water partition coefficient (Wildman–Crippen LogP) is 3.20. The normalized spacial score (nSPS) is 10.5. The summed E-state index contributed by atoms with van der Waals surface area (Å²) in [5.41, 5.74) is 3.51. The van der Waals surface area contributed by atoms with Gasteiger partial charge in [0.2, 0.25) is 0 Å². The molecule has 3 nitrogen and oxygen atoms in total. The van der Waals surface area contributed by atoms with Crippen molar-refractivity contribution in [1.82, 2.24) is 10.3 Å². The number of nitrogens with zero attached hydrogens (tertiary/aromatic N) is 2. The van der Waals surface area contributed by atoms with E-state index in [0.717, 1.165) is 23.3 Å². The summed E-state index contributed by atoms with van der Waals surface area (Å²) in [6, 6.07) is 12.4. The van der Waals surface area contributed by atoms with Crippen molar-refractivity contribution in [1.29, 1.82) is 0 Å².